The van der Waals surface area contributed by atoms with Crippen molar-refractivity contribution in [2.75, 3.05) is 26.2 Å². The molecule has 5 nitrogen and oxygen atoms in total. The predicted molar refractivity (Wildman–Crippen MR) is 104 cm³/mol. The van der Waals surface area contributed by atoms with Crippen molar-refractivity contribution >= 4 is 5.91 Å². The molecule has 0 saturated carbocycles. The van der Waals surface area contributed by atoms with E-state index in [0.717, 1.165) is 48.6 Å². The SMILES string of the molecule is Cc1cc(C)n(Cc2ccc(C(=O)NCCCN3CCCCC3)cc2)n1. The molecule has 140 valence electrons. The Hall–Kier alpha value is -2.14. The molecular weight excluding hydrogens is 324 g/mol. The number of aryl methyl sites for hydroxylation is 2. The number of piperidine rings is 1. The number of hydrogen-bond acceptors (Lipinski definition) is 3. The fourth-order valence-corrected chi connectivity index (χ4v) is 3.56. The summed E-state index contributed by atoms with van der Waals surface area (Å²) in [6.07, 6.45) is 5.01. The average molecular weight is 354 g/mol. The van der Waals surface area contributed by atoms with Gasteiger partial charge in [0, 0.05) is 17.8 Å². The highest BCUT2D eigenvalue weighted by Crippen LogP contribution is 2.10. The van der Waals surface area contributed by atoms with Crippen molar-refractivity contribution in [3.8, 4) is 0 Å². The molecule has 1 aromatic carbocycles. The second kappa shape index (κ2) is 8.99. The molecule has 26 heavy (non-hydrogen) atoms. The summed E-state index contributed by atoms with van der Waals surface area (Å²) >= 11 is 0. The molecule has 1 aromatic heterocycles. The van der Waals surface area contributed by atoms with E-state index in [9.17, 15) is 4.79 Å². The Balaban J connectivity index is 1.43. The van der Waals surface area contributed by atoms with Gasteiger partial charge >= 0.3 is 0 Å². The molecule has 0 aliphatic carbocycles. The highest BCUT2D eigenvalue weighted by atomic mass is 16.1. The van der Waals surface area contributed by atoms with E-state index < -0.39 is 0 Å². The first-order valence-corrected chi connectivity index (χ1v) is 9.72. The van der Waals surface area contributed by atoms with Gasteiger partial charge < -0.3 is 10.2 Å². The number of benzene rings is 1. The molecule has 1 aliphatic rings. The molecule has 1 saturated heterocycles. The maximum absolute atomic E-state index is 12.3. The summed E-state index contributed by atoms with van der Waals surface area (Å²) in [7, 11) is 0. The van der Waals surface area contributed by atoms with Crippen molar-refractivity contribution in [3.63, 3.8) is 0 Å². The van der Waals surface area contributed by atoms with Crippen LogP contribution in [0.25, 0.3) is 0 Å². The third-order valence-electron chi connectivity index (χ3n) is 5.04. The Morgan fingerprint density at radius 2 is 1.85 bits per heavy atom. The van der Waals surface area contributed by atoms with Gasteiger partial charge in [0.1, 0.15) is 0 Å². The second-order valence-corrected chi connectivity index (χ2v) is 7.29. The quantitative estimate of drug-likeness (QED) is 0.777. The van der Waals surface area contributed by atoms with E-state index in [1.165, 1.54) is 32.4 Å². The van der Waals surface area contributed by atoms with E-state index >= 15 is 0 Å². The molecule has 2 aromatic rings. The predicted octanol–water partition coefficient (Wildman–Crippen LogP) is 3.15. The number of amides is 1. The van der Waals surface area contributed by atoms with Crippen LogP contribution in [0.3, 0.4) is 0 Å². The molecule has 3 rings (SSSR count). The van der Waals surface area contributed by atoms with Crippen molar-refractivity contribution < 1.29 is 4.79 Å². The van der Waals surface area contributed by atoms with Crippen molar-refractivity contribution in [1.82, 2.24) is 20.0 Å². The van der Waals surface area contributed by atoms with Crippen LogP contribution < -0.4 is 5.32 Å². The van der Waals surface area contributed by atoms with Gasteiger partial charge in [0.25, 0.3) is 5.91 Å². The summed E-state index contributed by atoms with van der Waals surface area (Å²) in [6, 6.07) is 9.91. The van der Waals surface area contributed by atoms with Gasteiger partial charge in [-0.15, -0.1) is 0 Å². The Bertz CT molecular complexity index is 714. The number of carbonyl (C=O) groups excluding carboxylic acids is 1. The second-order valence-electron chi connectivity index (χ2n) is 7.29. The fraction of sp³-hybridized carbons (Fsp3) is 0.524. The lowest BCUT2D eigenvalue weighted by Crippen LogP contribution is -2.33. The topological polar surface area (TPSA) is 50.2 Å². The zero-order chi connectivity index (χ0) is 18.4. The summed E-state index contributed by atoms with van der Waals surface area (Å²) in [4.78, 5) is 14.8. The molecule has 2 heterocycles. The molecule has 0 radical (unpaired) electrons. The van der Waals surface area contributed by atoms with Crippen LogP contribution in [-0.2, 0) is 6.54 Å². The maximum atomic E-state index is 12.3. The fourth-order valence-electron chi connectivity index (χ4n) is 3.56. The number of nitrogens with zero attached hydrogens (tertiary/aromatic N) is 3. The third-order valence-corrected chi connectivity index (χ3v) is 5.04. The highest BCUT2D eigenvalue weighted by Gasteiger charge is 2.10. The maximum Gasteiger partial charge on any atom is 0.251 e. The molecule has 0 atom stereocenters. The molecule has 1 fully saturated rings. The number of likely N-dealkylation sites (tertiary alicyclic amines) is 1. The van der Waals surface area contributed by atoms with Gasteiger partial charge in [0.05, 0.1) is 12.2 Å². The Kier molecular flexibility index (Phi) is 6.45. The van der Waals surface area contributed by atoms with Crippen LogP contribution in [0.5, 0.6) is 0 Å². The Morgan fingerprint density at radius 3 is 2.50 bits per heavy atom. The molecule has 1 amide bonds. The minimum atomic E-state index is 0.0151. The van der Waals surface area contributed by atoms with Gasteiger partial charge in [0.15, 0.2) is 0 Å². The Labute approximate surface area is 156 Å². The summed E-state index contributed by atoms with van der Waals surface area (Å²) in [5.41, 5.74) is 4.05. The van der Waals surface area contributed by atoms with Crippen LogP contribution in [0.4, 0.5) is 0 Å². The standard InChI is InChI=1S/C21H30N4O/c1-17-15-18(2)25(23-17)16-19-7-9-20(10-8-19)21(26)22-11-6-14-24-12-4-3-5-13-24/h7-10,15H,3-6,11-14,16H2,1-2H3,(H,22,26). The number of rotatable bonds is 7. The van der Waals surface area contributed by atoms with Crippen LogP contribution in [0, 0.1) is 13.8 Å². The molecule has 5 heteroatoms. The first-order valence-electron chi connectivity index (χ1n) is 9.72. The zero-order valence-electron chi connectivity index (χ0n) is 16.0. The van der Waals surface area contributed by atoms with E-state index in [0.29, 0.717) is 0 Å². The first kappa shape index (κ1) is 18.6. The van der Waals surface area contributed by atoms with Gasteiger partial charge in [-0.2, -0.15) is 5.10 Å². The average Bonchev–Trinajstić information content (AvgIpc) is 2.97. The largest absolute Gasteiger partial charge is 0.352 e. The van der Waals surface area contributed by atoms with Crippen LogP contribution in [0.2, 0.25) is 0 Å². The molecular formula is C21H30N4O. The van der Waals surface area contributed by atoms with E-state index in [4.69, 9.17) is 0 Å². The van der Waals surface area contributed by atoms with E-state index in [1.807, 2.05) is 35.9 Å². The van der Waals surface area contributed by atoms with Crippen molar-refractivity contribution in [2.24, 2.45) is 0 Å². The smallest absolute Gasteiger partial charge is 0.251 e. The van der Waals surface area contributed by atoms with Gasteiger partial charge in [-0.05, 0) is 76.5 Å². The van der Waals surface area contributed by atoms with Crippen molar-refractivity contribution in [3.05, 3.63) is 52.8 Å². The van der Waals surface area contributed by atoms with Gasteiger partial charge in [0.2, 0.25) is 0 Å². The van der Waals surface area contributed by atoms with Crippen LogP contribution in [-0.4, -0.2) is 46.8 Å². The van der Waals surface area contributed by atoms with E-state index in [1.54, 1.807) is 0 Å². The molecule has 1 N–H and O–H groups in total. The minimum Gasteiger partial charge on any atom is -0.352 e. The summed E-state index contributed by atoms with van der Waals surface area (Å²) in [5.74, 6) is 0.0151. The minimum absolute atomic E-state index is 0.0151. The number of nitrogens with one attached hydrogen (secondary N) is 1. The van der Waals surface area contributed by atoms with Gasteiger partial charge in [-0.1, -0.05) is 18.6 Å². The summed E-state index contributed by atoms with van der Waals surface area (Å²) < 4.78 is 1.99. The summed E-state index contributed by atoms with van der Waals surface area (Å²) in [5, 5.41) is 7.52. The summed E-state index contributed by atoms with van der Waals surface area (Å²) in [6.45, 7) is 9.05. The lowest BCUT2D eigenvalue weighted by molar-refractivity contribution is 0.0951. The van der Waals surface area contributed by atoms with Gasteiger partial charge in [-0.3, -0.25) is 9.48 Å². The van der Waals surface area contributed by atoms with Crippen LogP contribution in [0.15, 0.2) is 30.3 Å². The first-order chi connectivity index (χ1) is 12.6. The normalized spacial score (nSPS) is 15.2. The molecule has 0 spiro atoms. The van der Waals surface area contributed by atoms with E-state index in [-0.39, 0.29) is 5.91 Å². The third kappa shape index (κ3) is 5.18. The Morgan fingerprint density at radius 1 is 1.12 bits per heavy atom. The number of aromatic nitrogens is 2. The van der Waals surface area contributed by atoms with Crippen molar-refractivity contribution in [1.29, 1.82) is 0 Å². The number of hydrogen-bond donors (Lipinski definition) is 1. The van der Waals surface area contributed by atoms with Crippen molar-refractivity contribution in [2.45, 2.75) is 46.1 Å². The van der Waals surface area contributed by atoms with E-state index in [2.05, 4.69) is 28.3 Å². The molecule has 0 unspecified atom stereocenters. The monoisotopic (exact) mass is 354 g/mol. The zero-order valence-corrected chi connectivity index (χ0v) is 16.0. The molecule has 0 bridgehead atoms. The number of carbonyl (C=O) groups is 1. The lowest BCUT2D eigenvalue weighted by Gasteiger charge is -2.26. The van der Waals surface area contributed by atoms with Gasteiger partial charge in [-0.25, -0.2) is 0 Å². The highest BCUT2D eigenvalue weighted by molar-refractivity contribution is 5.94. The van der Waals surface area contributed by atoms with Crippen LogP contribution >= 0.6 is 0 Å². The lowest BCUT2D eigenvalue weighted by atomic mass is 10.1. The molecule has 1 aliphatic heterocycles. The van der Waals surface area contributed by atoms with Crippen LogP contribution in [0.1, 0.15) is 53.0 Å².